The van der Waals surface area contributed by atoms with Crippen LogP contribution < -0.4 is 0 Å². The van der Waals surface area contributed by atoms with E-state index in [1.165, 1.54) is 32.1 Å². The van der Waals surface area contributed by atoms with E-state index in [1.807, 2.05) is 0 Å². The van der Waals surface area contributed by atoms with Crippen LogP contribution in [-0.2, 0) is 0 Å². The summed E-state index contributed by atoms with van der Waals surface area (Å²) < 4.78 is 0. The third-order valence-corrected chi connectivity index (χ3v) is 3.95. The molecule has 0 aromatic carbocycles. The van der Waals surface area contributed by atoms with Gasteiger partial charge in [-0.15, -0.1) is 11.7 Å². The molecule has 76 valence electrons. The Morgan fingerprint density at radius 2 is 2.08 bits per heavy atom. The molecule has 1 unspecified atom stereocenters. The lowest BCUT2D eigenvalue weighted by atomic mass is 9.87. The largest absolute Gasteiger partial charge is 0.267 e. The highest BCUT2D eigenvalue weighted by molar-refractivity contribution is 8.68. The fourth-order valence-electron chi connectivity index (χ4n) is 1.88. The lowest BCUT2D eigenvalue weighted by Gasteiger charge is -2.21. The van der Waals surface area contributed by atoms with Crippen molar-refractivity contribution in [3.63, 3.8) is 0 Å². The van der Waals surface area contributed by atoms with Gasteiger partial charge in [-0.25, -0.2) is 0 Å². The van der Waals surface area contributed by atoms with E-state index in [1.54, 1.807) is 0 Å². The van der Waals surface area contributed by atoms with Gasteiger partial charge in [0, 0.05) is 11.3 Å². The summed E-state index contributed by atoms with van der Waals surface area (Å²) >= 11 is 3.93. The maximum atomic E-state index is 10.5. The van der Waals surface area contributed by atoms with Crippen molar-refractivity contribution in [2.24, 2.45) is 5.92 Å². The van der Waals surface area contributed by atoms with Crippen LogP contribution in [0.5, 0.6) is 0 Å². The normalized spacial score (nSPS) is 21.3. The van der Waals surface area contributed by atoms with E-state index in [4.69, 9.17) is 0 Å². The van der Waals surface area contributed by atoms with E-state index < -0.39 is 5.37 Å². The van der Waals surface area contributed by atoms with Crippen molar-refractivity contribution in [3.05, 3.63) is 10.1 Å². The van der Waals surface area contributed by atoms with Crippen LogP contribution in [-0.4, -0.2) is 10.3 Å². The molecule has 1 rings (SSSR count). The first-order valence-electron chi connectivity index (χ1n) is 4.67. The molecule has 0 aromatic heterocycles. The second-order valence-corrected chi connectivity index (χ2v) is 4.97. The average Bonchev–Trinajstić information content (AvgIpc) is 2.15. The number of hydrogen-bond acceptors (Lipinski definition) is 4. The van der Waals surface area contributed by atoms with E-state index in [-0.39, 0.29) is 4.92 Å². The molecule has 0 heterocycles. The SMILES string of the molecule is O=[N+]([O-])C(CC1CCCCC1)SS. The molecular formula is C8H15NO2S2. The highest BCUT2D eigenvalue weighted by atomic mass is 33.1. The lowest BCUT2D eigenvalue weighted by Crippen LogP contribution is -2.20. The Morgan fingerprint density at radius 3 is 2.54 bits per heavy atom. The lowest BCUT2D eigenvalue weighted by molar-refractivity contribution is -0.497. The van der Waals surface area contributed by atoms with Gasteiger partial charge in [0.15, 0.2) is 0 Å². The summed E-state index contributed by atoms with van der Waals surface area (Å²) in [7, 11) is 1.07. The predicted octanol–water partition coefficient (Wildman–Crippen LogP) is 3.14. The van der Waals surface area contributed by atoms with E-state index in [2.05, 4.69) is 11.7 Å². The molecule has 5 heteroatoms. The topological polar surface area (TPSA) is 43.1 Å². The third-order valence-electron chi connectivity index (χ3n) is 2.62. The van der Waals surface area contributed by atoms with Crippen LogP contribution in [0.15, 0.2) is 0 Å². The number of nitrogens with zero attached hydrogens (tertiary/aromatic N) is 1. The molecule has 0 saturated heterocycles. The Hall–Kier alpha value is 0.1000. The quantitative estimate of drug-likeness (QED) is 0.261. The standard InChI is InChI=1S/C8H15NO2S2/c10-9(11)8(13-12)6-7-4-2-1-3-5-7/h7-8,12H,1-6H2. The third kappa shape index (κ3) is 3.77. The van der Waals surface area contributed by atoms with Crippen molar-refractivity contribution >= 4 is 22.5 Å². The molecule has 0 N–H and O–H groups in total. The smallest absolute Gasteiger partial charge is 0.263 e. The summed E-state index contributed by atoms with van der Waals surface area (Å²) in [4.78, 5) is 10.3. The predicted molar refractivity (Wildman–Crippen MR) is 58.6 cm³/mol. The van der Waals surface area contributed by atoms with Gasteiger partial charge in [0.1, 0.15) is 0 Å². The Labute approximate surface area is 87.6 Å². The molecule has 13 heavy (non-hydrogen) atoms. The Kier molecular flexibility index (Phi) is 4.94. The number of hydrogen-bond donors (Lipinski definition) is 1. The number of rotatable bonds is 4. The van der Waals surface area contributed by atoms with Crippen LogP contribution in [0, 0.1) is 16.0 Å². The molecular weight excluding hydrogens is 206 g/mol. The first-order chi connectivity index (χ1) is 6.24. The van der Waals surface area contributed by atoms with Gasteiger partial charge in [-0.05, 0) is 16.7 Å². The van der Waals surface area contributed by atoms with Gasteiger partial charge in [-0.3, -0.25) is 10.1 Å². The van der Waals surface area contributed by atoms with Crippen LogP contribution in [0.4, 0.5) is 0 Å². The first-order valence-corrected chi connectivity index (χ1v) is 6.61. The van der Waals surface area contributed by atoms with Crippen LogP contribution in [0.2, 0.25) is 0 Å². The van der Waals surface area contributed by atoms with Crippen LogP contribution >= 0.6 is 22.5 Å². The van der Waals surface area contributed by atoms with Gasteiger partial charge in [-0.2, -0.15) is 0 Å². The van der Waals surface area contributed by atoms with E-state index in [0.717, 1.165) is 10.8 Å². The minimum Gasteiger partial charge on any atom is -0.263 e. The van der Waals surface area contributed by atoms with Gasteiger partial charge < -0.3 is 0 Å². The van der Waals surface area contributed by atoms with Crippen molar-refractivity contribution < 1.29 is 4.92 Å². The van der Waals surface area contributed by atoms with Crippen molar-refractivity contribution in [3.8, 4) is 0 Å². The zero-order valence-electron chi connectivity index (χ0n) is 7.52. The fraction of sp³-hybridized carbons (Fsp3) is 1.00. The van der Waals surface area contributed by atoms with Gasteiger partial charge in [0.2, 0.25) is 0 Å². The highest BCUT2D eigenvalue weighted by Crippen LogP contribution is 2.31. The van der Waals surface area contributed by atoms with Crippen LogP contribution in [0.3, 0.4) is 0 Å². The van der Waals surface area contributed by atoms with Crippen molar-refractivity contribution in [2.45, 2.75) is 43.9 Å². The summed E-state index contributed by atoms with van der Waals surface area (Å²) in [5.41, 5.74) is 0. The highest BCUT2D eigenvalue weighted by Gasteiger charge is 2.25. The Bertz CT molecular complexity index is 172. The maximum absolute atomic E-state index is 10.5. The summed E-state index contributed by atoms with van der Waals surface area (Å²) in [6.07, 6.45) is 6.81. The van der Waals surface area contributed by atoms with Crippen molar-refractivity contribution in [1.29, 1.82) is 0 Å². The Morgan fingerprint density at radius 1 is 1.46 bits per heavy atom. The fourth-order valence-corrected chi connectivity index (χ4v) is 2.80. The minimum atomic E-state index is -0.508. The molecule has 0 bridgehead atoms. The zero-order chi connectivity index (χ0) is 9.68. The monoisotopic (exact) mass is 221 g/mol. The molecule has 0 amide bonds. The van der Waals surface area contributed by atoms with Crippen LogP contribution in [0.1, 0.15) is 38.5 Å². The van der Waals surface area contributed by atoms with Crippen molar-refractivity contribution in [1.82, 2.24) is 0 Å². The minimum absolute atomic E-state index is 0.216. The van der Waals surface area contributed by atoms with E-state index in [0.29, 0.717) is 12.3 Å². The molecule has 1 aliphatic rings. The van der Waals surface area contributed by atoms with Gasteiger partial charge in [0.05, 0.1) is 0 Å². The average molecular weight is 221 g/mol. The second-order valence-electron chi connectivity index (χ2n) is 3.59. The van der Waals surface area contributed by atoms with Crippen molar-refractivity contribution in [2.75, 3.05) is 0 Å². The van der Waals surface area contributed by atoms with E-state index >= 15 is 0 Å². The van der Waals surface area contributed by atoms with Gasteiger partial charge in [0.25, 0.3) is 5.37 Å². The molecule has 1 aliphatic carbocycles. The van der Waals surface area contributed by atoms with E-state index in [9.17, 15) is 10.1 Å². The summed E-state index contributed by atoms with van der Waals surface area (Å²) in [6, 6.07) is 0. The molecule has 1 fully saturated rings. The van der Waals surface area contributed by atoms with Gasteiger partial charge >= 0.3 is 0 Å². The summed E-state index contributed by atoms with van der Waals surface area (Å²) in [5, 5.41) is 10.0. The number of thiol groups is 1. The van der Waals surface area contributed by atoms with Gasteiger partial charge in [-0.1, -0.05) is 32.1 Å². The molecule has 1 atom stereocenters. The number of nitro groups is 1. The molecule has 0 aliphatic heterocycles. The zero-order valence-corrected chi connectivity index (χ0v) is 9.23. The molecule has 1 saturated carbocycles. The van der Waals surface area contributed by atoms with Crippen LogP contribution in [0.25, 0.3) is 0 Å². The first kappa shape index (κ1) is 11.2. The molecule has 0 spiro atoms. The second kappa shape index (κ2) is 5.75. The maximum Gasteiger partial charge on any atom is 0.267 e. The summed E-state index contributed by atoms with van der Waals surface area (Å²) in [5.74, 6) is 0.559. The Balaban J connectivity index is 2.31. The molecule has 3 nitrogen and oxygen atoms in total. The molecule has 0 radical (unpaired) electrons. The molecule has 0 aromatic rings. The summed E-state index contributed by atoms with van der Waals surface area (Å²) in [6.45, 7) is 0.